The Morgan fingerprint density at radius 1 is 1.25 bits per heavy atom. The van der Waals surface area contributed by atoms with Crippen molar-refractivity contribution in [3.8, 4) is 11.5 Å². The summed E-state index contributed by atoms with van der Waals surface area (Å²) in [4.78, 5) is 12.8. The molecule has 0 aromatic heterocycles. The van der Waals surface area contributed by atoms with Crippen LogP contribution in [0.4, 0.5) is 0 Å². The summed E-state index contributed by atoms with van der Waals surface area (Å²) >= 11 is 0. The van der Waals surface area contributed by atoms with E-state index in [9.17, 15) is 15.0 Å². The van der Waals surface area contributed by atoms with E-state index in [0.29, 0.717) is 12.5 Å². The van der Waals surface area contributed by atoms with Crippen LogP contribution in [-0.2, 0) is 11.3 Å². The van der Waals surface area contributed by atoms with Crippen LogP contribution in [0.5, 0.6) is 11.5 Å². The average molecular weight is 279 g/mol. The summed E-state index contributed by atoms with van der Waals surface area (Å²) in [6.07, 6.45) is 3.02. The number of piperidine rings is 1. The minimum atomic E-state index is -0.721. The summed E-state index contributed by atoms with van der Waals surface area (Å²) in [7, 11) is 0. The van der Waals surface area contributed by atoms with Crippen LogP contribution >= 0.6 is 0 Å². The zero-order valence-electron chi connectivity index (χ0n) is 11.5. The molecule has 1 saturated heterocycles. The molecule has 1 heterocycles. The second kappa shape index (κ2) is 6.61. The Hall–Kier alpha value is -1.75. The Morgan fingerprint density at radius 2 is 1.95 bits per heavy atom. The molecule has 1 aromatic rings. The summed E-state index contributed by atoms with van der Waals surface area (Å²) < 4.78 is 0. The Bertz CT molecular complexity index is 467. The maximum Gasteiger partial charge on any atom is 0.303 e. The number of carbonyl (C=O) groups is 1. The van der Waals surface area contributed by atoms with E-state index < -0.39 is 5.97 Å². The number of rotatable bonds is 5. The first-order valence-corrected chi connectivity index (χ1v) is 6.99. The van der Waals surface area contributed by atoms with Gasteiger partial charge < -0.3 is 15.3 Å². The van der Waals surface area contributed by atoms with Crippen molar-refractivity contribution in [1.82, 2.24) is 4.90 Å². The Kier molecular flexibility index (Phi) is 4.84. The van der Waals surface area contributed by atoms with E-state index in [1.807, 2.05) is 0 Å². The molecule has 110 valence electrons. The quantitative estimate of drug-likeness (QED) is 0.769. The van der Waals surface area contributed by atoms with Gasteiger partial charge in [-0.1, -0.05) is 6.07 Å². The monoisotopic (exact) mass is 279 g/mol. The van der Waals surface area contributed by atoms with Gasteiger partial charge in [0, 0.05) is 24.6 Å². The lowest BCUT2D eigenvalue weighted by atomic mass is 9.92. The highest BCUT2D eigenvalue weighted by molar-refractivity contribution is 5.66. The number of nitrogens with zero attached hydrogens (tertiary/aromatic N) is 1. The molecule has 0 atom stereocenters. The molecule has 5 nitrogen and oxygen atoms in total. The van der Waals surface area contributed by atoms with Crippen LogP contribution in [0.15, 0.2) is 18.2 Å². The van der Waals surface area contributed by atoms with Crippen LogP contribution in [0.25, 0.3) is 0 Å². The van der Waals surface area contributed by atoms with Crippen molar-refractivity contribution in [3.63, 3.8) is 0 Å². The lowest BCUT2D eigenvalue weighted by Crippen LogP contribution is -2.33. The molecule has 0 bridgehead atoms. The number of phenolic OH excluding ortho intramolecular Hbond substituents is 2. The summed E-state index contributed by atoms with van der Waals surface area (Å²) in [5.74, 6) is -0.0335. The van der Waals surface area contributed by atoms with Crippen LogP contribution in [0.1, 0.15) is 31.2 Å². The van der Waals surface area contributed by atoms with Crippen molar-refractivity contribution in [2.24, 2.45) is 5.92 Å². The summed E-state index contributed by atoms with van der Waals surface area (Å²) in [6, 6.07) is 4.67. The van der Waals surface area contributed by atoms with Gasteiger partial charge in [-0.05, 0) is 44.3 Å². The number of aromatic hydroxyl groups is 2. The third-order valence-electron chi connectivity index (χ3n) is 3.94. The molecule has 0 spiro atoms. The van der Waals surface area contributed by atoms with Gasteiger partial charge in [0.25, 0.3) is 0 Å². The maximum atomic E-state index is 10.6. The van der Waals surface area contributed by atoms with Crippen molar-refractivity contribution in [2.45, 2.75) is 32.2 Å². The lowest BCUT2D eigenvalue weighted by Gasteiger charge is -2.31. The first-order chi connectivity index (χ1) is 9.54. The van der Waals surface area contributed by atoms with Gasteiger partial charge in [-0.3, -0.25) is 9.69 Å². The second-order valence-corrected chi connectivity index (χ2v) is 5.46. The molecule has 5 heteroatoms. The van der Waals surface area contributed by atoms with E-state index in [1.165, 1.54) is 6.07 Å². The van der Waals surface area contributed by atoms with Crippen molar-refractivity contribution in [3.05, 3.63) is 23.8 Å². The number of carboxylic acid groups (broad SMARTS) is 1. The van der Waals surface area contributed by atoms with E-state index in [-0.39, 0.29) is 17.9 Å². The first kappa shape index (κ1) is 14.7. The van der Waals surface area contributed by atoms with Crippen LogP contribution < -0.4 is 0 Å². The molecular weight excluding hydrogens is 258 g/mol. The van der Waals surface area contributed by atoms with Gasteiger partial charge in [0.05, 0.1) is 0 Å². The van der Waals surface area contributed by atoms with Crippen LogP contribution in [0, 0.1) is 5.92 Å². The zero-order chi connectivity index (χ0) is 14.5. The number of hydrogen-bond donors (Lipinski definition) is 3. The molecule has 20 heavy (non-hydrogen) atoms. The second-order valence-electron chi connectivity index (χ2n) is 5.46. The van der Waals surface area contributed by atoms with E-state index in [4.69, 9.17) is 5.11 Å². The largest absolute Gasteiger partial charge is 0.508 e. The molecule has 0 amide bonds. The predicted molar refractivity (Wildman–Crippen MR) is 74.6 cm³/mol. The molecule has 2 rings (SSSR count). The number of benzene rings is 1. The molecule has 1 aromatic carbocycles. The Labute approximate surface area is 118 Å². The topological polar surface area (TPSA) is 81.0 Å². The predicted octanol–water partition coefficient (Wildman–Crippen LogP) is 2.17. The van der Waals surface area contributed by atoms with Gasteiger partial charge in [0.2, 0.25) is 0 Å². The molecule has 0 aliphatic carbocycles. The molecule has 1 fully saturated rings. The summed E-state index contributed by atoms with van der Waals surface area (Å²) in [6.45, 7) is 2.51. The van der Waals surface area contributed by atoms with Crippen LogP contribution in [0.2, 0.25) is 0 Å². The van der Waals surface area contributed by atoms with E-state index >= 15 is 0 Å². The molecule has 1 aliphatic heterocycles. The van der Waals surface area contributed by atoms with Gasteiger partial charge in [-0.2, -0.15) is 0 Å². The zero-order valence-corrected chi connectivity index (χ0v) is 11.5. The Morgan fingerprint density at radius 3 is 2.55 bits per heavy atom. The van der Waals surface area contributed by atoms with Crippen LogP contribution in [-0.4, -0.2) is 39.3 Å². The number of aliphatic carboxylic acids is 1. The minimum absolute atomic E-state index is 0.0682. The Balaban J connectivity index is 1.80. The SMILES string of the molecule is O=C(O)CCC1CCN(Cc2ccc(O)cc2O)CC1. The van der Waals surface area contributed by atoms with Crippen molar-refractivity contribution < 1.29 is 20.1 Å². The van der Waals surface area contributed by atoms with Gasteiger partial charge in [0.15, 0.2) is 0 Å². The smallest absolute Gasteiger partial charge is 0.303 e. The minimum Gasteiger partial charge on any atom is -0.508 e. The molecule has 0 unspecified atom stereocenters. The fraction of sp³-hybridized carbons (Fsp3) is 0.533. The van der Waals surface area contributed by atoms with Gasteiger partial charge in [-0.25, -0.2) is 0 Å². The van der Waals surface area contributed by atoms with Crippen molar-refractivity contribution in [1.29, 1.82) is 0 Å². The fourth-order valence-corrected chi connectivity index (χ4v) is 2.69. The van der Waals surface area contributed by atoms with Gasteiger partial charge in [-0.15, -0.1) is 0 Å². The number of carboxylic acids is 1. The molecular formula is C15H21NO4. The van der Waals surface area contributed by atoms with Crippen LogP contribution in [0.3, 0.4) is 0 Å². The maximum absolute atomic E-state index is 10.6. The van der Waals surface area contributed by atoms with E-state index in [1.54, 1.807) is 12.1 Å². The first-order valence-electron chi connectivity index (χ1n) is 6.99. The molecule has 3 N–H and O–H groups in total. The molecule has 0 saturated carbocycles. The van der Waals surface area contributed by atoms with Gasteiger partial charge in [0.1, 0.15) is 11.5 Å². The number of hydrogen-bond acceptors (Lipinski definition) is 4. The average Bonchev–Trinajstić information content (AvgIpc) is 2.41. The number of likely N-dealkylation sites (tertiary alicyclic amines) is 1. The highest BCUT2D eigenvalue weighted by Crippen LogP contribution is 2.27. The third kappa shape index (κ3) is 4.13. The molecule has 0 radical (unpaired) electrons. The van der Waals surface area contributed by atoms with Crippen molar-refractivity contribution >= 4 is 5.97 Å². The normalized spacial score (nSPS) is 17.2. The van der Waals surface area contributed by atoms with E-state index in [2.05, 4.69) is 4.90 Å². The van der Waals surface area contributed by atoms with E-state index in [0.717, 1.165) is 37.9 Å². The standard InChI is InChI=1S/C15H21NO4/c17-13-3-2-12(14(18)9-13)10-16-7-5-11(6-8-16)1-4-15(19)20/h2-3,9,11,17-18H,1,4-8,10H2,(H,19,20). The van der Waals surface area contributed by atoms with Crippen molar-refractivity contribution in [2.75, 3.05) is 13.1 Å². The number of phenols is 2. The highest BCUT2D eigenvalue weighted by Gasteiger charge is 2.20. The summed E-state index contributed by atoms with van der Waals surface area (Å²) in [5.41, 5.74) is 0.812. The third-order valence-corrected chi connectivity index (χ3v) is 3.94. The fourth-order valence-electron chi connectivity index (χ4n) is 2.69. The highest BCUT2D eigenvalue weighted by atomic mass is 16.4. The summed E-state index contributed by atoms with van der Waals surface area (Å²) in [5, 5.41) is 27.7. The molecule has 1 aliphatic rings. The van der Waals surface area contributed by atoms with Gasteiger partial charge >= 0.3 is 5.97 Å². The lowest BCUT2D eigenvalue weighted by molar-refractivity contribution is -0.137.